The summed E-state index contributed by atoms with van der Waals surface area (Å²) in [5, 5.41) is 16.8. The fourth-order valence-corrected chi connectivity index (χ4v) is 3.74. The van der Waals surface area contributed by atoms with E-state index in [4.69, 9.17) is 4.42 Å². The highest BCUT2D eigenvalue weighted by Gasteiger charge is 2.12. The minimum absolute atomic E-state index is 0.0594. The van der Waals surface area contributed by atoms with Gasteiger partial charge < -0.3 is 8.98 Å². The summed E-state index contributed by atoms with van der Waals surface area (Å²) in [5.41, 5.74) is 5.96. The van der Waals surface area contributed by atoms with Crippen molar-refractivity contribution in [3.05, 3.63) is 112 Å². The zero-order valence-corrected chi connectivity index (χ0v) is 17.3. The monoisotopic (exact) mass is 438 g/mol. The van der Waals surface area contributed by atoms with Crippen molar-refractivity contribution in [2.45, 2.75) is 6.54 Å². The first-order valence-electron chi connectivity index (χ1n) is 10.2. The number of nitrogens with one attached hydrogen (secondary N) is 1. The molecule has 33 heavy (non-hydrogen) atoms. The number of hydrogen-bond acceptors (Lipinski definition) is 5. The molecule has 0 aliphatic carbocycles. The van der Waals surface area contributed by atoms with Crippen LogP contribution in [0.15, 0.2) is 94.6 Å². The second-order valence-electron chi connectivity index (χ2n) is 7.50. The van der Waals surface area contributed by atoms with E-state index in [0.717, 1.165) is 27.4 Å². The van der Waals surface area contributed by atoms with Crippen LogP contribution in [0.4, 0.5) is 5.69 Å². The van der Waals surface area contributed by atoms with Crippen LogP contribution in [-0.4, -0.2) is 21.6 Å². The summed E-state index contributed by atoms with van der Waals surface area (Å²) in [7, 11) is 0. The van der Waals surface area contributed by atoms with Crippen molar-refractivity contribution in [3.63, 3.8) is 0 Å². The lowest BCUT2D eigenvalue weighted by Gasteiger charge is -2.05. The van der Waals surface area contributed by atoms with E-state index in [1.54, 1.807) is 30.5 Å². The Labute approximate surface area is 187 Å². The van der Waals surface area contributed by atoms with E-state index in [1.165, 1.54) is 12.1 Å². The van der Waals surface area contributed by atoms with Gasteiger partial charge in [0.1, 0.15) is 5.58 Å². The van der Waals surface area contributed by atoms with E-state index < -0.39 is 10.8 Å². The van der Waals surface area contributed by atoms with Gasteiger partial charge in [0.05, 0.1) is 11.1 Å². The first-order chi connectivity index (χ1) is 16.1. The van der Waals surface area contributed by atoms with Crippen LogP contribution in [0.25, 0.3) is 21.9 Å². The number of fused-ring (bicyclic) bond motifs is 2. The minimum Gasteiger partial charge on any atom is -0.451 e. The van der Waals surface area contributed by atoms with Crippen molar-refractivity contribution in [1.82, 2.24) is 9.99 Å². The van der Waals surface area contributed by atoms with E-state index in [2.05, 4.69) is 10.5 Å². The molecule has 0 fully saturated rings. The molecule has 1 amide bonds. The van der Waals surface area contributed by atoms with Crippen LogP contribution >= 0.6 is 0 Å². The van der Waals surface area contributed by atoms with E-state index in [1.807, 2.05) is 53.2 Å². The van der Waals surface area contributed by atoms with Gasteiger partial charge in [0, 0.05) is 46.7 Å². The van der Waals surface area contributed by atoms with Crippen molar-refractivity contribution >= 4 is 39.7 Å². The highest BCUT2D eigenvalue weighted by Crippen LogP contribution is 2.22. The Bertz CT molecular complexity index is 1480. The van der Waals surface area contributed by atoms with Crippen LogP contribution in [0.3, 0.4) is 0 Å². The average molecular weight is 438 g/mol. The molecule has 0 radical (unpaired) electrons. The molecule has 0 unspecified atom stereocenters. The molecule has 0 bridgehead atoms. The maximum Gasteiger partial charge on any atom is 0.307 e. The standard InChI is InChI=1S/C25H18N4O4/c30-25(24-13-18-5-1-4-8-23(18)33-24)27-26-14-19-16-28(22-7-3-2-6-21(19)22)15-17-9-11-20(12-10-17)29(31)32/h1-14,16H,15H2,(H,27,30)/b26-14+. The summed E-state index contributed by atoms with van der Waals surface area (Å²) in [6.07, 6.45) is 3.53. The number of nitro groups is 1. The minimum atomic E-state index is -0.433. The van der Waals surface area contributed by atoms with Crippen LogP contribution < -0.4 is 5.43 Å². The molecule has 5 rings (SSSR count). The number of carbonyl (C=O) groups is 1. The van der Waals surface area contributed by atoms with E-state index in [-0.39, 0.29) is 11.4 Å². The van der Waals surface area contributed by atoms with Gasteiger partial charge in [-0.2, -0.15) is 5.10 Å². The van der Waals surface area contributed by atoms with E-state index in [9.17, 15) is 14.9 Å². The number of furan rings is 1. The number of carbonyl (C=O) groups excluding carboxylic acids is 1. The third kappa shape index (κ3) is 4.09. The Hall–Kier alpha value is -4.72. The van der Waals surface area contributed by atoms with E-state index >= 15 is 0 Å². The second kappa shape index (κ2) is 8.43. The van der Waals surface area contributed by atoms with Gasteiger partial charge in [0.25, 0.3) is 5.69 Å². The number of rotatable bonds is 6. The highest BCUT2D eigenvalue weighted by molar-refractivity contribution is 6.01. The maximum absolute atomic E-state index is 12.4. The molecule has 2 heterocycles. The number of para-hydroxylation sites is 2. The molecule has 0 atom stereocenters. The zero-order valence-electron chi connectivity index (χ0n) is 17.3. The smallest absolute Gasteiger partial charge is 0.307 e. The maximum atomic E-state index is 12.4. The molecule has 3 aromatic carbocycles. The SMILES string of the molecule is O=C(N/N=C/c1cn(Cc2ccc([N+](=O)[O-])cc2)c2ccccc12)c1cc2ccccc2o1. The molecule has 8 heteroatoms. The normalized spacial score (nSPS) is 11.4. The van der Waals surface area contributed by atoms with Gasteiger partial charge in [-0.1, -0.05) is 48.5 Å². The molecule has 0 saturated heterocycles. The lowest BCUT2D eigenvalue weighted by atomic mass is 10.2. The quantitative estimate of drug-likeness (QED) is 0.226. The van der Waals surface area contributed by atoms with Crippen molar-refractivity contribution < 1.29 is 14.1 Å². The first-order valence-corrected chi connectivity index (χ1v) is 10.2. The summed E-state index contributed by atoms with van der Waals surface area (Å²) in [5.74, 6) is -0.244. The van der Waals surface area contributed by atoms with Crippen LogP contribution in [0.5, 0.6) is 0 Å². The number of benzene rings is 3. The van der Waals surface area contributed by atoms with Gasteiger partial charge >= 0.3 is 5.91 Å². The highest BCUT2D eigenvalue weighted by atomic mass is 16.6. The van der Waals surface area contributed by atoms with Crippen LogP contribution in [0.1, 0.15) is 21.7 Å². The van der Waals surface area contributed by atoms with Crippen molar-refractivity contribution in [3.8, 4) is 0 Å². The molecule has 8 nitrogen and oxygen atoms in total. The Morgan fingerprint density at radius 1 is 1.06 bits per heavy atom. The summed E-state index contributed by atoms with van der Waals surface area (Å²) in [4.78, 5) is 22.9. The third-order valence-corrected chi connectivity index (χ3v) is 5.34. The molecule has 0 saturated carbocycles. The summed E-state index contributed by atoms with van der Waals surface area (Å²) in [6.45, 7) is 0.539. The fourth-order valence-electron chi connectivity index (χ4n) is 3.74. The van der Waals surface area contributed by atoms with Crippen molar-refractivity contribution in [1.29, 1.82) is 0 Å². The number of hydrazone groups is 1. The summed E-state index contributed by atoms with van der Waals surface area (Å²) < 4.78 is 7.60. The van der Waals surface area contributed by atoms with Gasteiger partial charge in [-0.15, -0.1) is 0 Å². The van der Waals surface area contributed by atoms with Crippen molar-refractivity contribution in [2.75, 3.05) is 0 Å². The second-order valence-corrected chi connectivity index (χ2v) is 7.50. The molecule has 162 valence electrons. The lowest BCUT2D eigenvalue weighted by Crippen LogP contribution is -2.16. The molecule has 5 aromatic rings. The molecule has 0 aliphatic rings. The predicted molar refractivity (Wildman–Crippen MR) is 125 cm³/mol. The van der Waals surface area contributed by atoms with Crippen LogP contribution in [-0.2, 0) is 6.54 Å². The van der Waals surface area contributed by atoms with Crippen LogP contribution in [0, 0.1) is 10.1 Å². The third-order valence-electron chi connectivity index (χ3n) is 5.34. The zero-order chi connectivity index (χ0) is 22.8. The molecule has 0 spiro atoms. The summed E-state index contributed by atoms with van der Waals surface area (Å²) >= 11 is 0. The fraction of sp³-hybridized carbons (Fsp3) is 0.0400. The van der Waals surface area contributed by atoms with Gasteiger partial charge in [-0.3, -0.25) is 14.9 Å². The van der Waals surface area contributed by atoms with E-state index in [0.29, 0.717) is 12.1 Å². The van der Waals surface area contributed by atoms with Gasteiger partial charge in [0.2, 0.25) is 0 Å². The first kappa shape index (κ1) is 20.2. The molecular formula is C25H18N4O4. The van der Waals surface area contributed by atoms with Gasteiger partial charge in [-0.25, -0.2) is 5.43 Å². The topological polar surface area (TPSA) is 103 Å². The summed E-state index contributed by atoms with van der Waals surface area (Å²) in [6, 6.07) is 23.4. The Balaban J connectivity index is 1.36. The Morgan fingerprint density at radius 3 is 2.61 bits per heavy atom. The van der Waals surface area contributed by atoms with Crippen LogP contribution in [0.2, 0.25) is 0 Å². The molecular weight excluding hydrogens is 420 g/mol. The average Bonchev–Trinajstić information content (AvgIpc) is 3.42. The number of aromatic nitrogens is 1. The number of hydrogen-bond donors (Lipinski definition) is 1. The number of non-ortho nitro benzene ring substituents is 1. The largest absolute Gasteiger partial charge is 0.451 e. The van der Waals surface area contributed by atoms with Gasteiger partial charge in [0.15, 0.2) is 5.76 Å². The molecule has 2 aromatic heterocycles. The Morgan fingerprint density at radius 2 is 1.82 bits per heavy atom. The Kier molecular flexibility index (Phi) is 5.16. The number of nitro benzene ring substituents is 1. The van der Waals surface area contributed by atoms with Gasteiger partial charge in [-0.05, 0) is 23.8 Å². The molecule has 0 aliphatic heterocycles. The predicted octanol–water partition coefficient (Wildman–Crippen LogP) is 5.11. The van der Waals surface area contributed by atoms with Crippen molar-refractivity contribution in [2.24, 2.45) is 5.10 Å². The number of amides is 1. The number of nitrogens with zero attached hydrogens (tertiary/aromatic N) is 3. The molecule has 1 N–H and O–H groups in total. The lowest BCUT2D eigenvalue weighted by molar-refractivity contribution is -0.384.